The highest BCUT2D eigenvalue weighted by Crippen LogP contribution is 2.38. The van der Waals surface area contributed by atoms with E-state index in [4.69, 9.17) is 15.3 Å². The number of H-pyrrole nitrogens is 1. The molecule has 2 aromatic carbocycles. The molecule has 2 aromatic heterocycles. The first-order valence-electron chi connectivity index (χ1n) is 8.31. The monoisotopic (exact) mass is 362 g/mol. The second kappa shape index (κ2) is 6.62. The number of fused-ring (bicyclic) bond motifs is 3. The summed E-state index contributed by atoms with van der Waals surface area (Å²) in [6, 6.07) is 15.0. The molecule has 0 spiro atoms. The van der Waals surface area contributed by atoms with Crippen molar-refractivity contribution in [3.8, 4) is 22.8 Å². The first-order chi connectivity index (χ1) is 13.2. The summed E-state index contributed by atoms with van der Waals surface area (Å²) >= 11 is 0. The Morgan fingerprint density at radius 1 is 1.07 bits per heavy atom. The van der Waals surface area contributed by atoms with E-state index in [9.17, 15) is 4.79 Å². The lowest BCUT2D eigenvalue weighted by molar-refractivity contribution is 0.0949. The van der Waals surface area contributed by atoms with E-state index in [1.54, 1.807) is 32.4 Å². The summed E-state index contributed by atoms with van der Waals surface area (Å²) in [6.07, 6.45) is 0. The summed E-state index contributed by atoms with van der Waals surface area (Å²) in [5, 5.41) is 1.86. The van der Waals surface area contributed by atoms with E-state index < -0.39 is 5.91 Å². The molecule has 27 heavy (non-hydrogen) atoms. The number of carbonyl (C=O) groups excluding carboxylic acids is 1. The second-order valence-electron chi connectivity index (χ2n) is 5.99. The summed E-state index contributed by atoms with van der Waals surface area (Å²) in [5.74, 6) is 6.14. The molecular formula is C20H18N4O3. The zero-order valence-corrected chi connectivity index (χ0v) is 14.9. The van der Waals surface area contributed by atoms with Crippen molar-refractivity contribution in [2.75, 3.05) is 14.2 Å². The van der Waals surface area contributed by atoms with Gasteiger partial charge in [0.15, 0.2) is 0 Å². The fourth-order valence-electron chi connectivity index (χ4n) is 3.23. The van der Waals surface area contributed by atoms with E-state index in [-0.39, 0.29) is 5.69 Å². The Kier molecular flexibility index (Phi) is 4.13. The molecule has 0 saturated heterocycles. The van der Waals surface area contributed by atoms with Crippen molar-refractivity contribution in [3.05, 3.63) is 54.2 Å². The number of aromatic amines is 1. The first kappa shape index (κ1) is 16.9. The SMILES string of the molecule is COc1ccc(OC)c(-c2nc(C(=O)NN)cc3c2[nH]c2ccccc23)c1. The number of pyridine rings is 1. The first-order valence-corrected chi connectivity index (χ1v) is 8.31. The molecule has 0 radical (unpaired) electrons. The molecular weight excluding hydrogens is 344 g/mol. The number of rotatable bonds is 4. The molecule has 0 atom stereocenters. The van der Waals surface area contributed by atoms with Gasteiger partial charge in [0.25, 0.3) is 5.91 Å². The van der Waals surface area contributed by atoms with Gasteiger partial charge in [-0.05, 0) is 30.3 Å². The van der Waals surface area contributed by atoms with Crippen molar-refractivity contribution in [2.24, 2.45) is 5.84 Å². The molecule has 4 aromatic rings. The van der Waals surface area contributed by atoms with E-state index >= 15 is 0 Å². The van der Waals surface area contributed by atoms with E-state index in [1.165, 1.54) is 0 Å². The molecule has 0 aliphatic carbocycles. The van der Waals surface area contributed by atoms with Gasteiger partial charge < -0.3 is 14.5 Å². The smallest absolute Gasteiger partial charge is 0.283 e. The topological polar surface area (TPSA) is 102 Å². The highest BCUT2D eigenvalue weighted by atomic mass is 16.5. The number of ether oxygens (including phenoxy) is 2. The normalized spacial score (nSPS) is 10.9. The highest BCUT2D eigenvalue weighted by Gasteiger charge is 2.19. The van der Waals surface area contributed by atoms with Crippen molar-refractivity contribution < 1.29 is 14.3 Å². The van der Waals surface area contributed by atoms with E-state index in [1.807, 2.05) is 30.3 Å². The molecule has 136 valence electrons. The van der Waals surface area contributed by atoms with Gasteiger partial charge in [-0.3, -0.25) is 10.2 Å². The molecule has 0 unspecified atom stereocenters. The minimum Gasteiger partial charge on any atom is -0.497 e. The van der Waals surface area contributed by atoms with Gasteiger partial charge in [0, 0.05) is 21.9 Å². The Morgan fingerprint density at radius 3 is 2.63 bits per heavy atom. The molecule has 7 nitrogen and oxygen atoms in total. The number of amides is 1. The van der Waals surface area contributed by atoms with Gasteiger partial charge in [-0.2, -0.15) is 0 Å². The van der Waals surface area contributed by atoms with Crippen LogP contribution >= 0.6 is 0 Å². The van der Waals surface area contributed by atoms with Crippen molar-refractivity contribution in [1.29, 1.82) is 0 Å². The average molecular weight is 362 g/mol. The number of nitrogens with zero attached hydrogens (tertiary/aromatic N) is 1. The number of carbonyl (C=O) groups is 1. The summed E-state index contributed by atoms with van der Waals surface area (Å²) in [6.45, 7) is 0. The molecule has 0 bridgehead atoms. The summed E-state index contributed by atoms with van der Waals surface area (Å²) in [4.78, 5) is 20.2. The average Bonchev–Trinajstić information content (AvgIpc) is 3.10. The Hall–Kier alpha value is -3.58. The quantitative estimate of drug-likeness (QED) is 0.294. The molecule has 0 saturated carbocycles. The maximum atomic E-state index is 12.2. The molecule has 0 aliphatic rings. The minimum absolute atomic E-state index is 0.217. The third-order valence-electron chi connectivity index (χ3n) is 4.52. The maximum Gasteiger partial charge on any atom is 0.283 e. The standard InChI is InChI=1S/C20H18N4O3/c1-26-11-7-8-17(27-2)14(9-11)19-18-13(10-16(23-19)20(25)24-21)12-5-3-4-6-15(12)22-18/h3-10,22H,21H2,1-2H3,(H,24,25). The molecule has 1 amide bonds. The number of hydrazine groups is 1. The Bertz CT molecular complexity index is 1170. The third kappa shape index (κ3) is 2.74. The van der Waals surface area contributed by atoms with Crippen LogP contribution in [0.15, 0.2) is 48.5 Å². The summed E-state index contributed by atoms with van der Waals surface area (Å²) in [7, 11) is 3.18. The number of nitrogens with one attached hydrogen (secondary N) is 2. The van der Waals surface area contributed by atoms with Crippen molar-refractivity contribution >= 4 is 27.7 Å². The van der Waals surface area contributed by atoms with Crippen LogP contribution in [0, 0.1) is 0 Å². The Morgan fingerprint density at radius 2 is 1.89 bits per heavy atom. The lowest BCUT2D eigenvalue weighted by atomic mass is 10.0. The number of hydrogen-bond donors (Lipinski definition) is 3. The summed E-state index contributed by atoms with van der Waals surface area (Å²) < 4.78 is 10.9. The van der Waals surface area contributed by atoms with Crippen LogP contribution in [-0.2, 0) is 0 Å². The van der Waals surface area contributed by atoms with Gasteiger partial charge in [-0.1, -0.05) is 18.2 Å². The van der Waals surface area contributed by atoms with Crippen LogP contribution in [0.25, 0.3) is 33.1 Å². The van der Waals surface area contributed by atoms with Crippen LogP contribution in [0.1, 0.15) is 10.5 Å². The fourth-order valence-corrected chi connectivity index (χ4v) is 3.23. The van der Waals surface area contributed by atoms with Crippen LogP contribution in [0.4, 0.5) is 0 Å². The minimum atomic E-state index is -0.467. The van der Waals surface area contributed by atoms with Crippen molar-refractivity contribution in [1.82, 2.24) is 15.4 Å². The Balaban J connectivity index is 2.12. The molecule has 4 N–H and O–H groups in total. The van der Waals surface area contributed by atoms with E-state index in [0.29, 0.717) is 22.8 Å². The van der Waals surface area contributed by atoms with Crippen LogP contribution < -0.4 is 20.7 Å². The molecule has 7 heteroatoms. The molecule has 0 aliphatic heterocycles. The number of hydrogen-bond acceptors (Lipinski definition) is 5. The van der Waals surface area contributed by atoms with Gasteiger partial charge in [-0.15, -0.1) is 0 Å². The van der Waals surface area contributed by atoms with Gasteiger partial charge in [-0.25, -0.2) is 10.8 Å². The van der Waals surface area contributed by atoms with Gasteiger partial charge >= 0.3 is 0 Å². The van der Waals surface area contributed by atoms with Crippen LogP contribution in [0.5, 0.6) is 11.5 Å². The van der Waals surface area contributed by atoms with Crippen LogP contribution in [-0.4, -0.2) is 30.1 Å². The van der Waals surface area contributed by atoms with Gasteiger partial charge in [0.05, 0.1) is 25.4 Å². The van der Waals surface area contributed by atoms with Gasteiger partial charge in [0.1, 0.15) is 17.2 Å². The third-order valence-corrected chi connectivity index (χ3v) is 4.52. The zero-order valence-electron chi connectivity index (χ0n) is 14.9. The van der Waals surface area contributed by atoms with Crippen LogP contribution in [0.3, 0.4) is 0 Å². The number of nitrogens with two attached hydrogens (primary N) is 1. The van der Waals surface area contributed by atoms with Crippen molar-refractivity contribution in [3.63, 3.8) is 0 Å². The zero-order chi connectivity index (χ0) is 19.0. The Labute approximate surface area is 155 Å². The molecule has 0 fully saturated rings. The number of benzene rings is 2. The van der Waals surface area contributed by atoms with E-state index in [0.717, 1.165) is 21.8 Å². The predicted molar refractivity (Wildman–Crippen MR) is 104 cm³/mol. The highest BCUT2D eigenvalue weighted by molar-refractivity contribution is 6.13. The summed E-state index contributed by atoms with van der Waals surface area (Å²) in [5.41, 5.74) is 5.40. The number of para-hydroxylation sites is 1. The van der Waals surface area contributed by atoms with Crippen molar-refractivity contribution in [2.45, 2.75) is 0 Å². The fraction of sp³-hybridized carbons (Fsp3) is 0.100. The number of nitrogen functional groups attached to an aromatic ring is 1. The predicted octanol–water partition coefficient (Wildman–Crippen LogP) is 3.00. The van der Waals surface area contributed by atoms with Crippen LogP contribution in [0.2, 0.25) is 0 Å². The lowest BCUT2D eigenvalue weighted by Crippen LogP contribution is -2.30. The maximum absolute atomic E-state index is 12.2. The second-order valence-corrected chi connectivity index (χ2v) is 5.99. The number of methoxy groups -OCH3 is 2. The molecule has 2 heterocycles. The van der Waals surface area contributed by atoms with E-state index in [2.05, 4.69) is 15.4 Å². The number of aromatic nitrogens is 2. The largest absolute Gasteiger partial charge is 0.497 e. The van der Waals surface area contributed by atoms with Gasteiger partial charge in [0.2, 0.25) is 0 Å². The lowest BCUT2D eigenvalue weighted by Gasteiger charge is -2.12. The molecule has 4 rings (SSSR count).